The third-order valence-electron chi connectivity index (χ3n) is 10.4. The van der Waals surface area contributed by atoms with Crippen LogP contribution in [0.5, 0.6) is 0 Å². The highest BCUT2D eigenvalue weighted by Gasteiger charge is 2.24. The minimum atomic E-state index is 1.15. The molecule has 0 aliphatic heterocycles. The largest absolute Gasteiger partial charge is 0.310 e. The number of aryl methyl sites for hydroxylation is 2. The van der Waals surface area contributed by atoms with Crippen LogP contribution in [0.4, 0.5) is 17.1 Å². The lowest BCUT2D eigenvalue weighted by Gasteiger charge is -2.28. The van der Waals surface area contributed by atoms with Crippen molar-refractivity contribution in [3.05, 3.63) is 169 Å². The number of anilines is 3. The first-order chi connectivity index (χ1) is 23.6. The molecule has 1 heterocycles. The number of hydrogen-bond acceptors (Lipinski definition) is 1. The Kier molecular flexibility index (Phi) is 5.74. The molecule has 48 heavy (non-hydrogen) atoms. The minimum Gasteiger partial charge on any atom is -0.310 e. The Morgan fingerprint density at radius 2 is 0.896 bits per heavy atom. The summed E-state index contributed by atoms with van der Waals surface area (Å²) < 4.78 is 2.40. The van der Waals surface area contributed by atoms with Crippen molar-refractivity contribution in [1.29, 1.82) is 0 Å². The Labute approximate surface area is 279 Å². The molecule has 9 aromatic rings. The molecule has 1 aliphatic rings. The molecule has 1 aromatic heterocycles. The van der Waals surface area contributed by atoms with Gasteiger partial charge >= 0.3 is 0 Å². The normalized spacial score (nSPS) is 12.0. The van der Waals surface area contributed by atoms with Gasteiger partial charge in [-0.25, -0.2) is 0 Å². The van der Waals surface area contributed by atoms with Crippen LogP contribution in [-0.4, -0.2) is 4.57 Å². The second-order valence-electron chi connectivity index (χ2n) is 13.2. The molecule has 0 amide bonds. The maximum Gasteiger partial charge on any atom is 0.0541 e. The quantitative estimate of drug-likeness (QED) is 0.192. The lowest BCUT2D eigenvalue weighted by molar-refractivity contribution is 1.19. The van der Waals surface area contributed by atoms with Crippen LogP contribution in [0.15, 0.2) is 158 Å². The summed E-state index contributed by atoms with van der Waals surface area (Å²) in [7, 11) is 0. The summed E-state index contributed by atoms with van der Waals surface area (Å²) in [5.74, 6) is 0. The van der Waals surface area contributed by atoms with Crippen LogP contribution in [0.1, 0.15) is 11.1 Å². The van der Waals surface area contributed by atoms with Crippen LogP contribution in [0.3, 0.4) is 0 Å². The van der Waals surface area contributed by atoms with Gasteiger partial charge in [0.15, 0.2) is 0 Å². The molecular weight excluding hydrogens is 581 g/mol. The van der Waals surface area contributed by atoms with Crippen molar-refractivity contribution in [3.8, 4) is 27.9 Å². The molecule has 0 spiro atoms. The van der Waals surface area contributed by atoms with E-state index in [0.717, 1.165) is 11.4 Å². The Hall–Kier alpha value is -6.12. The average Bonchev–Trinajstić information content (AvgIpc) is 3.46. The van der Waals surface area contributed by atoms with Crippen molar-refractivity contribution in [3.63, 3.8) is 0 Å². The van der Waals surface area contributed by atoms with E-state index in [9.17, 15) is 0 Å². The van der Waals surface area contributed by atoms with E-state index in [1.165, 1.54) is 88.1 Å². The smallest absolute Gasteiger partial charge is 0.0541 e. The van der Waals surface area contributed by atoms with Gasteiger partial charge in [-0.15, -0.1) is 0 Å². The van der Waals surface area contributed by atoms with Gasteiger partial charge in [0, 0.05) is 33.5 Å². The SMILES string of the molecule is Cc1ccc(N(c2ccccc2)c2ccc3cc4c(cc3c2)-c2cc3cc(-n5c6ccccc6c6ccccc65)ccc3cc2-4)cc1C. The fraction of sp³-hybridized carbons (Fsp3) is 0.0435. The van der Waals surface area contributed by atoms with Gasteiger partial charge in [0.25, 0.3) is 0 Å². The van der Waals surface area contributed by atoms with Crippen LogP contribution in [0.2, 0.25) is 0 Å². The van der Waals surface area contributed by atoms with E-state index < -0.39 is 0 Å². The molecule has 0 N–H and O–H groups in total. The molecule has 0 unspecified atom stereocenters. The molecule has 8 aromatic carbocycles. The van der Waals surface area contributed by atoms with E-state index in [1.807, 2.05) is 0 Å². The molecule has 226 valence electrons. The van der Waals surface area contributed by atoms with E-state index >= 15 is 0 Å². The van der Waals surface area contributed by atoms with Crippen molar-refractivity contribution >= 4 is 60.4 Å². The zero-order valence-electron chi connectivity index (χ0n) is 26.9. The fourth-order valence-electron chi connectivity index (χ4n) is 7.77. The van der Waals surface area contributed by atoms with E-state index in [1.54, 1.807) is 0 Å². The average molecular weight is 613 g/mol. The van der Waals surface area contributed by atoms with Gasteiger partial charge in [-0.3, -0.25) is 0 Å². The van der Waals surface area contributed by atoms with Crippen molar-refractivity contribution in [2.45, 2.75) is 13.8 Å². The molecule has 1 aliphatic carbocycles. The summed E-state index contributed by atoms with van der Waals surface area (Å²) in [6.45, 7) is 4.36. The van der Waals surface area contributed by atoms with Crippen molar-refractivity contribution in [1.82, 2.24) is 4.57 Å². The van der Waals surface area contributed by atoms with Gasteiger partial charge in [0.05, 0.1) is 11.0 Å². The van der Waals surface area contributed by atoms with Crippen LogP contribution < -0.4 is 4.90 Å². The van der Waals surface area contributed by atoms with E-state index in [4.69, 9.17) is 0 Å². The molecule has 2 nitrogen and oxygen atoms in total. The molecule has 0 radical (unpaired) electrons. The monoisotopic (exact) mass is 612 g/mol. The van der Waals surface area contributed by atoms with Crippen LogP contribution in [0, 0.1) is 13.8 Å². The summed E-state index contributed by atoms with van der Waals surface area (Å²) in [4.78, 5) is 2.36. The molecule has 0 bridgehead atoms. The molecule has 0 fully saturated rings. The predicted octanol–water partition coefficient (Wildman–Crippen LogP) is 12.8. The van der Waals surface area contributed by atoms with Gasteiger partial charge in [0.2, 0.25) is 0 Å². The van der Waals surface area contributed by atoms with Crippen LogP contribution in [0.25, 0.3) is 71.3 Å². The number of para-hydroxylation sites is 3. The number of nitrogens with zero attached hydrogens (tertiary/aromatic N) is 2. The van der Waals surface area contributed by atoms with Crippen LogP contribution >= 0.6 is 0 Å². The van der Waals surface area contributed by atoms with Crippen molar-refractivity contribution in [2.24, 2.45) is 0 Å². The maximum atomic E-state index is 2.40. The maximum absolute atomic E-state index is 2.40. The standard InChI is InChI=1S/C46H32N2/c1-29-16-19-36(22-30(29)2)47(35-10-4-3-5-11-35)37-20-17-31-25-41-42-26-32-18-21-38(24-34(32)28-44(42)43(41)27-33(31)23-37)48-45-14-8-6-12-39(45)40-13-7-9-15-46(40)48/h3-28H,1-2H3. The topological polar surface area (TPSA) is 8.17 Å². The molecule has 0 saturated heterocycles. The van der Waals surface area contributed by atoms with E-state index in [-0.39, 0.29) is 0 Å². The lowest BCUT2D eigenvalue weighted by Crippen LogP contribution is -2.10. The predicted molar refractivity (Wildman–Crippen MR) is 204 cm³/mol. The number of aromatic nitrogens is 1. The Morgan fingerprint density at radius 1 is 0.375 bits per heavy atom. The van der Waals surface area contributed by atoms with Crippen molar-refractivity contribution < 1.29 is 0 Å². The Bertz CT molecular complexity index is 2700. The highest BCUT2D eigenvalue weighted by molar-refractivity contribution is 6.13. The first kappa shape index (κ1) is 27.0. The first-order valence-corrected chi connectivity index (χ1v) is 16.7. The summed E-state index contributed by atoms with van der Waals surface area (Å²) in [6.07, 6.45) is 0. The second kappa shape index (κ2) is 10.2. The zero-order valence-corrected chi connectivity index (χ0v) is 26.9. The van der Waals surface area contributed by atoms with Gasteiger partial charge in [-0.05, 0) is 154 Å². The van der Waals surface area contributed by atoms with Gasteiger partial charge in [-0.2, -0.15) is 0 Å². The molecule has 2 heteroatoms. The Morgan fingerprint density at radius 3 is 1.54 bits per heavy atom. The van der Waals surface area contributed by atoms with E-state index in [2.05, 4.69) is 181 Å². The summed E-state index contributed by atoms with van der Waals surface area (Å²) in [5, 5.41) is 7.62. The van der Waals surface area contributed by atoms with Crippen LogP contribution in [-0.2, 0) is 0 Å². The third-order valence-corrected chi connectivity index (χ3v) is 10.4. The number of benzene rings is 8. The second-order valence-corrected chi connectivity index (χ2v) is 13.2. The van der Waals surface area contributed by atoms with Crippen molar-refractivity contribution in [2.75, 3.05) is 4.90 Å². The number of hydrogen-bond donors (Lipinski definition) is 0. The van der Waals surface area contributed by atoms with E-state index in [0.29, 0.717) is 0 Å². The first-order valence-electron chi connectivity index (χ1n) is 16.7. The zero-order chi connectivity index (χ0) is 31.9. The van der Waals surface area contributed by atoms with Gasteiger partial charge in [0.1, 0.15) is 0 Å². The number of rotatable bonds is 4. The number of fused-ring (bicyclic) bond motifs is 9. The fourth-order valence-corrected chi connectivity index (χ4v) is 7.77. The summed E-state index contributed by atoms with van der Waals surface area (Å²) >= 11 is 0. The Balaban J connectivity index is 1.09. The minimum absolute atomic E-state index is 1.15. The third kappa shape index (κ3) is 3.99. The van der Waals surface area contributed by atoms with Gasteiger partial charge < -0.3 is 9.47 Å². The molecule has 0 saturated carbocycles. The highest BCUT2D eigenvalue weighted by atomic mass is 15.1. The lowest BCUT2D eigenvalue weighted by atomic mass is 9.78. The molecule has 10 rings (SSSR count). The van der Waals surface area contributed by atoms with Gasteiger partial charge in [-0.1, -0.05) is 72.8 Å². The molecular formula is C46H32N2. The summed E-state index contributed by atoms with van der Waals surface area (Å²) in [6, 6.07) is 58.2. The highest BCUT2D eigenvalue weighted by Crippen LogP contribution is 2.51. The molecule has 0 atom stereocenters. The summed E-state index contributed by atoms with van der Waals surface area (Å²) in [5.41, 5.74) is 15.1.